The normalized spacial score (nSPS) is 21.2. The Morgan fingerprint density at radius 1 is 1.22 bits per heavy atom. The summed E-state index contributed by atoms with van der Waals surface area (Å²) in [5.41, 5.74) is -0.339. The van der Waals surface area contributed by atoms with Crippen LogP contribution >= 0.6 is 11.6 Å². The Bertz CT molecular complexity index is 726. The number of ketones is 1. The molecule has 1 fully saturated rings. The van der Waals surface area contributed by atoms with Crippen LogP contribution in [0, 0.1) is 0 Å². The van der Waals surface area contributed by atoms with Crippen molar-refractivity contribution in [1.29, 1.82) is 0 Å². The van der Waals surface area contributed by atoms with Crippen molar-refractivity contribution >= 4 is 23.3 Å². The molecule has 4 nitrogen and oxygen atoms in total. The summed E-state index contributed by atoms with van der Waals surface area (Å²) in [5.74, 6) is -0.0678. The van der Waals surface area contributed by atoms with E-state index < -0.39 is 5.54 Å². The van der Waals surface area contributed by atoms with Crippen LogP contribution in [0.15, 0.2) is 47.1 Å². The van der Waals surface area contributed by atoms with E-state index in [1.165, 1.54) is 11.2 Å². The highest BCUT2D eigenvalue weighted by Gasteiger charge is 2.48. The minimum atomic E-state index is -1.03. The van der Waals surface area contributed by atoms with Gasteiger partial charge >= 0.3 is 0 Å². The second-order valence-electron chi connectivity index (χ2n) is 5.81. The predicted molar refractivity (Wildman–Crippen MR) is 87.4 cm³/mol. The number of carbonyl (C=O) groups is 2. The highest BCUT2D eigenvalue weighted by Crippen LogP contribution is 2.42. The van der Waals surface area contributed by atoms with Crippen LogP contribution in [0.4, 0.5) is 0 Å². The molecule has 3 rings (SSSR count). The van der Waals surface area contributed by atoms with Crippen LogP contribution in [0.3, 0.4) is 0 Å². The van der Waals surface area contributed by atoms with Gasteiger partial charge in [-0.05, 0) is 37.5 Å². The molecule has 1 aromatic heterocycles. The first-order valence-corrected chi connectivity index (χ1v) is 8.05. The molecule has 0 unspecified atom stereocenters. The van der Waals surface area contributed by atoms with Gasteiger partial charge in [-0.1, -0.05) is 29.8 Å². The number of rotatable bonds is 3. The van der Waals surface area contributed by atoms with Gasteiger partial charge in [-0.3, -0.25) is 9.59 Å². The monoisotopic (exact) mass is 331 g/mol. The number of hydrogen-bond donors (Lipinski definition) is 0. The SMILES string of the molecule is CN(C(=O)c1ccco1)[C@]1(c2ccccc2Cl)CCCCC1=O. The second-order valence-corrected chi connectivity index (χ2v) is 6.22. The summed E-state index contributed by atoms with van der Waals surface area (Å²) in [6.07, 6.45) is 4.17. The van der Waals surface area contributed by atoms with Gasteiger partial charge in [-0.25, -0.2) is 0 Å². The average molecular weight is 332 g/mol. The molecular weight excluding hydrogens is 314 g/mol. The van der Waals surface area contributed by atoms with Gasteiger partial charge in [-0.2, -0.15) is 0 Å². The lowest BCUT2D eigenvalue weighted by molar-refractivity contribution is -0.132. The molecule has 1 aliphatic carbocycles. The summed E-state index contributed by atoms with van der Waals surface area (Å²) in [7, 11) is 1.65. The third kappa shape index (κ3) is 2.57. The molecule has 1 saturated carbocycles. The van der Waals surface area contributed by atoms with Gasteiger partial charge in [0.15, 0.2) is 11.5 Å². The van der Waals surface area contributed by atoms with Crippen molar-refractivity contribution in [3.05, 3.63) is 59.0 Å². The van der Waals surface area contributed by atoms with Gasteiger partial charge in [0.25, 0.3) is 5.91 Å². The fourth-order valence-corrected chi connectivity index (χ4v) is 3.66. The first kappa shape index (κ1) is 15.8. The molecule has 1 heterocycles. The lowest BCUT2D eigenvalue weighted by atomic mass is 9.74. The van der Waals surface area contributed by atoms with E-state index in [2.05, 4.69) is 0 Å². The number of nitrogens with zero attached hydrogens (tertiary/aromatic N) is 1. The van der Waals surface area contributed by atoms with Gasteiger partial charge in [0.05, 0.1) is 6.26 Å². The molecule has 0 radical (unpaired) electrons. The molecule has 0 spiro atoms. The first-order chi connectivity index (χ1) is 11.1. The van der Waals surface area contributed by atoms with Crippen LogP contribution in [0.5, 0.6) is 0 Å². The van der Waals surface area contributed by atoms with Crippen LogP contribution in [-0.2, 0) is 10.3 Å². The van der Waals surface area contributed by atoms with Crippen LogP contribution < -0.4 is 0 Å². The van der Waals surface area contributed by atoms with Gasteiger partial charge in [0.1, 0.15) is 5.54 Å². The zero-order valence-corrected chi connectivity index (χ0v) is 13.7. The molecule has 0 bridgehead atoms. The van der Waals surface area contributed by atoms with Crippen molar-refractivity contribution in [2.45, 2.75) is 31.2 Å². The molecule has 1 amide bonds. The number of amides is 1. The molecule has 0 aliphatic heterocycles. The minimum absolute atomic E-state index is 0.0271. The van der Waals surface area contributed by atoms with Crippen molar-refractivity contribution in [3.8, 4) is 0 Å². The van der Waals surface area contributed by atoms with Crippen LogP contribution in [-0.4, -0.2) is 23.6 Å². The number of carbonyl (C=O) groups excluding carboxylic acids is 2. The number of likely N-dealkylation sites (N-methyl/N-ethyl adjacent to an activating group) is 1. The molecule has 0 saturated heterocycles. The standard InChI is InChI=1S/C18H18ClNO3/c1-20(17(22)15-9-6-12-23-15)18(11-5-4-10-16(18)21)13-7-2-3-8-14(13)19/h2-3,6-9,12H,4-5,10-11H2,1H3/t18-/m0/s1. The maximum absolute atomic E-state index is 12.9. The quantitative estimate of drug-likeness (QED) is 0.852. The summed E-state index contributed by atoms with van der Waals surface area (Å²) < 4.78 is 5.22. The third-order valence-corrected chi connectivity index (χ3v) is 4.91. The summed E-state index contributed by atoms with van der Waals surface area (Å²) in [5, 5.41) is 0.502. The largest absolute Gasteiger partial charge is 0.459 e. The van der Waals surface area contributed by atoms with E-state index >= 15 is 0 Å². The van der Waals surface area contributed by atoms with E-state index in [1.54, 1.807) is 25.2 Å². The summed E-state index contributed by atoms with van der Waals surface area (Å²) in [6, 6.07) is 10.5. The number of halogens is 1. The number of benzene rings is 1. The van der Waals surface area contributed by atoms with Crippen molar-refractivity contribution < 1.29 is 14.0 Å². The van der Waals surface area contributed by atoms with E-state index in [1.807, 2.05) is 18.2 Å². The molecule has 5 heteroatoms. The molecule has 1 aromatic carbocycles. The average Bonchev–Trinajstić information content (AvgIpc) is 3.09. The van der Waals surface area contributed by atoms with Crippen LogP contribution in [0.1, 0.15) is 41.8 Å². The second kappa shape index (κ2) is 6.20. The number of Topliss-reactive ketones (excluding diaryl/α,β-unsaturated/α-hetero) is 1. The maximum Gasteiger partial charge on any atom is 0.290 e. The van der Waals surface area contributed by atoms with E-state index in [0.717, 1.165) is 12.8 Å². The summed E-state index contributed by atoms with van der Waals surface area (Å²) in [4.78, 5) is 27.2. The zero-order valence-electron chi connectivity index (χ0n) is 12.9. The Balaban J connectivity index is 2.11. The van der Waals surface area contributed by atoms with Crippen molar-refractivity contribution in [3.63, 3.8) is 0 Å². The van der Waals surface area contributed by atoms with Crippen LogP contribution in [0.25, 0.3) is 0 Å². The minimum Gasteiger partial charge on any atom is -0.459 e. The molecular formula is C18H18ClNO3. The zero-order chi connectivity index (χ0) is 16.4. The van der Waals surface area contributed by atoms with Gasteiger partial charge in [-0.15, -0.1) is 0 Å². The van der Waals surface area contributed by atoms with E-state index in [9.17, 15) is 9.59 Å². The number of hydrogen-bond acceptors (Lipinski definition) is 3. The topological polar surface area (TPSA) is 50.5 Å². The summed E-state index contributed by atoms with van der Waals surface area (Å²) >= 11 is 6.37. The maximum atomic E-state index is 12.9. The molecule has 120 valence electrons. The molecule has 1 atom stereocenters. The third-order valence-electron chi connectivity index (χ3n) is 4.58. The fraction of sp³-hybridized carbons (Fsp3) is 0.333. The Morgan fingerprint density at radius 2 is 2.00 bits per heavy atom. The Morgan fingerprint density at radius 3 is 2.65 bits per heavy atom. The Hall–Kier alpha value is -2.07. The summed E-state index contributed by atoms with van der Waals surface area (Å²) in [6.45, 7) is 0. The van der Waals surface area contributed by atoms with E-state index in [0.29, 0.717) is 23.4 Å². The number of furan rings is 1. The lowest BCUT2D eigenvalue weighted by Crippen LogP contribution is -2.54. The Kier molecular flexibility index (Phi) is 4.26. The van der Waals surface area contributed by atoms with Crippen molar-refractivity contribution in [2.75, 3.05) is 7.05 Å². The fourth-order valence-electron chi connectivity index (χ4n) is 3.37. The molecule has 23 heavy (non-hydrogen) atoms. The van der Waals surface area contributed by atoms with Crippen LogP contribution in [0.2, 0.25) is 5.02 Å². The first-order valence-electron chi connectivity index (χ1n) is 7.67. The van der Waals surface area contributed by atoms with Gasteiger partial charge < -0.3 is 9.32 Å². The molecule has 1 aliphatic rings. The van der Waals surface area contributed by atoms with E-state index in [4.69, 9.17) is 16.0 Å². The van der Waals surface area contributed by atoms with Crippen molar-refractivity contribution in [1.82, 2.24) is 4.90 Å². The molecule has 2 aromatic rings. The van der Waals surface area contributed by atoms with Gasteiger partial charge in [0.2, 0.25) is 0 Å². The van der Waals surface area contributed by atoms with Crippen molar-refractivity contribution in [2.24, 2.45) is 0 Å². The highest BCUT2D eigenvalue weighted by atomic mass is 35.5. The molecule has 0 N–H and O–H groups in total. The predicted octanol–water partition coefficient (Wildman–Crippen LogP) is 4.04. The van der Waals surface area contributed by atoms with E-state index in [-0.39, 0.29) is 17.5 Å². The smallest absolute Gasteiger partial charge is 0.290 e. The Labute approximate surface area is 140 Å². The lowest BCUT2D eigenvalue weighted by Gasteiger charge is -2.43. The highest BCUT2D eigenvalue weighted by molar-refractivity contribution is 6.31. The van der Waals surface area contributed by atoms with Gasteiger partial charge in [0, 0.05) is 24.1 Å².